The number of ether oxygens (including phenoxy) is 1. The van der Waals surface area contributed by atoms with Crippen molar-refractivity contribution < 1.29 is 9.53 Å². The third-order valence-electron chi connectivity index (χ3n) is 4.20. The number of methoxy groups -OCH3 is 1. The molecule has 0 aliphatic heterocycles. The van der Waals surface area contributed by atoms with Crippen LogP contribution in [0.1, 0.15) is 19.4 Å². The number of anilines is 3. The van der Waals surface area contributed by atoms with Crippen LogP contribution in [0.3, 0.4) is 0 Å². The quantitative estimate of drug-likeness (QED) is 0.504. The fourth-order valence-electron chi connectivity index (χ4n) is 2.74. The predicted octanol–water partition coefficient (Wildman–Crippen LogP) is 1.60. The lowest BCUT2D eigenvalue weighted by Crippen LogP contribution is -2.40. The van der Waals surface area contributed by atoms with Gasteiger partial charge < -0.3 is 21.1 Å². The van der Waals surface area contributed by atoms with E-state index in [4.69, 9.17) is 10.5 Å². The first-order valence-electron chi connectivity index (χ1n) is 9.08. The standard InChI is InChI=1S/C19H21N9O2/c1-11(2)15(16(21)29)25-19-26-17(14(10-20)18(27-19)30-3)24-12-5-4-6-13(9-12)28-22-7-8-23-28/h4-9,11,15H,1-3H3,(H2,21,29)(H2,24,25,26,27)/t15-/m1/s1. The van der Waals surface area contributed by atoms with Gasteiger partial charge in [-0.25, -0.2) is 0 Å². The molecule has 0 aliphatic carbocycles. The lowest BCUT2D eigenvalue weighted by atomic mass is 10.0. The summed E-state index contributed by atoms with van der Waals surface area (Å²) in [5, 5.41) is 23.8. The molecule has 11 nitrogen and oxygen atoms in total. The molecule has 1 aromatic carbocycles. The first kappa shape index (κ1) is 20.5. The number of nitrogens with two attached hydrogens (primary N) is 1. The van der Waals surface area contributed by atoms with Crippen molar-refractivity contribution in [2.45, 2.75) is 19.9 Å². The summed E-state index contributed by atoms with van der Waals surface area (Å²) in [4.78, 5) is 21.8. The van der Waals surface area contributed by atoms with Crippen LogP contribution in [-0.2, 0) is 4.79 Å². The molecule has 1 amide bonds. The van der Waals surface area contributed by atoms with Gasteiger partial charge in [-0.15, -0.1) is 0 Å². The molecule has 0 spiro atoms. The van der Waals surface area contributed by atoms with E-state index in [1.54, 1.807) is 24.5 Å². The number of benzene rings is 1. The van der Waals surface area contributed by atoms with E-state index < -0.39 is 11.9 Å². The molecule has 1 atom stereocenters. The Hall–Kier alpha value is -4.20. The highest BCUT2D eigenvalue weighted by Gasteiger charge is 2.23. The summed E-state index contributed by atoms with van der Waals surface area (Å²) in [7, 11) is 1.40. The van der Waals surface area contributed by atoms with Crippen LogP contribution in [0.5, 0.6) is 5.88 Å². The molecule has 0 bridgehead atoms. The first-order chi connectivity index (χ1) is 14.4. The zero-order valence-corrected chi connectivity index (χ0v) is 16.7. The molecule has 0 aliphatic rings. The Balaban J connectivity index is 1.98. The van der Waals surface area contributed by atoms with Gasteiger partial charge in [-0.1, -0.05) is 19.9 Å². The van der Waals surface area contributed by atoms with E-state index in [0.717, 1.165) is 5.69 Å². The zero-order valence-electron chi connectivity index (χ0n) is 16.7. The van der Waals surface area contributed by atoms with E-state index in [2.05, 4.69) is 30.8 Å². The molecule has 0 radical (unpaired) electrons. The Kier molecular flexibility index (Phi) is 6.07. The summed E-state index contributed by atoms with van der Waals surface area (Å²) in [5.74, 6) is -0.247. The molecule has 4 N–H and O–H groups in total. The Morgan fingerprint density at radius 2 is 2.00 bits per heavy atom. The summed E-state index contributed by atoms with van der Waals surface area (Å²) in [6.07, 6.45) is 3.15. The molecule has 30 heavy (non-hydrogen) atoms. The molecule has 2 aromatic heterocycles. The molecule has 0 saturated carbocycles. The molecule has 0 saturated heterocycles. The number of aromatic nitrogens is 5. The van der Waals surface area contributed by atoms with Crippen molar-refractivity contribution in [1.82, 2.24) is 25.0 Å². The minimum Gasteiger partial charge on any atom is -0.480 e. The molecule has 0 fully saturated rings. The average molecular weight is 407 g/mol. The fraction of sp³-hybridized carbons (Fsp3) is 0.263. The molecular formula is C19H21N9O2. The van der Waals surface area contributed by atoms with Crippen LogP contribution in [0.4, 0.5) is 17.5 Å². The van der Waals surface area contributed by atoms with Gasteiger partial charge in [0.25, 0.3) is 0 Å². The molecule has 154 valence electrons. The Morgan fingerprint density at radius 1 is 1.27 bits per heavy atom. The van der Waals surface area contributed by atoms with Crippen molar-refractivity contribution in [1.29, 1.82) is 5.26 Å². The summed E-state index contributed by atoms with van der Waals surface area (Å²) >= 11 is 0. The SMILES string of the molecule is COc1nc(N[C@@H](C(N)=O)C(C)C)nc(Nc2cccc(-n3nccn3)c2)c1C#N. The zero-order chi connectivity index (χ0) is 21.7. The number of amides is 1. The predicted molar refractivity (Wildman–Crippen MR) is 109 cm³/mol. The van der Waals surface area contributed by atoms with Gasteiger partial charge in [-0.05, 0) is 24.1 Å². The number of nitriles is 1. The van der Waals surface area contributed by atoms with Crippen LogP contribution in [0.25, 0.3) is 5.69 Å². The van der Waals surface area contributed by atoms with Gasteiger partial charge in [0.15, 0.2) is 11.4 Å². The second-order valence-electron chi connectivity index (χ2n) is 6.65. The lowest BCUT2D eigenvalue weighted by molar-refractivity contribution is -0.119. The highest BCUT2D eigenvalue weighted by atomic mass is 16.5. The normalized spacial score (nSPS) is 11.6. The largest absolute Gasteiger partial charge is 0.480 e. The van der Waals surface area contributed by atoms with E-state index >= 15 is 0 Å². The van der Waals surface area contributed by atoms with Crippen molar-refractivity contribution in [2.75, 3.05) is 17.7 Å². The monoisotopic (exact) mass is 407 g/mol. The molecule has 11 heteroatoms. The van der Waals surface area contributed by atoms with E-state index in [1.165, 1.54) is 11.9 Å². The summed E-state index contributed by atoms with van der Waals surface area (Å²) in [6.45, 7) is 3.69. The van der Waals surface area contributed by atoms with Gasteiger partial charge in [0, 0.05) is 5.69 Å². The minimum absolute atomic E-state index is 0.0642. The van der Waals surface area contributed by atoms with Crippen LogP contribution < -0.4 is 21.1 Å². The summed E-state index contributed by atoms with van der Waals surface area (Å²) in [5.41, 5.74) is 6.94. The fourth-order valence-corrected chi connectivity index (χ4v) is 2.74. The number of hydrogen-bond donors (Lipinski definition) is 3. The first-order valence-corrected chi connectivity index (χ1v) is 9.08. The number of hydrogen-bond acceptors (Lipinski definition) is 9. The van der Waals surface area contributed by atoms with E-state index in [-0.39, 0.29) is 29.1 Å². The van der Waals surface area contributed by atoms with Gasteiger partial charge in [-0.3, -0.25) is 4.79 Å². The Labute approximate surface area is 172 Å². The average Bonchev–Trinajstić information content (AvgIpc) is 3.26. The van der Waals surface area contributed by atoms with Gasteiger partial charge in [0.05, 0.1) is 25.2 Å². The molecule has 3 rings (SSSR count). The second-order valence-corrected chi connectivity index (χ2v) is 6.65. The van der Waals surface area contributed by atoms with Crippen molar-refractivity contribution in [2.24, 2.45) is 11.7 Å². The van der Waals surface area contributed by atoms with Gasteiger partial charge >= 0.3 is 0 Å². The highest BCUT2D eigenvalue weighted by Crippen LogP contribution is 2.28. The van der Waals surface area contributed by atoms with Gasteiger partial charge in [0.1, 0.15) is 12.1 Å². The maximum atomic E-state index is 11.7. The smallest absolute Gasteiger partial charge is 0.240 e. The molecule has 0 unspecified atom stereocenters. The number of carbonyl (C=O) groups excluding carboxylic acids is 1. The number of nitrogens with one attached hydrogen (secondary N) is 2. The van der Waals surface area contributed by atoms with Crippen LogP contribution in [0, 0.1) is 17.2 Å². The lowest BCUT2D eigenvalue weighted by Gasteiger charge is -2.20. The number of primary amides is 1. The third-order valence-corrected chi connectivity index (χ3v) is 4.20. The van der Waals surface area contributed by atoms with Gasteiger partial charge in [-0.2, -0.15) is 30.2 Å². The maximum absolute atomic E-state index is 11.7. The topological polar surface area (TPSA) is 157 Å². The van der Waals surface area contributed by atoms with E-state index in [0.29, 0.717) is 5.69 Å². The molecule has 3 aromatic rings. The number of carbonyl (C=O) groups is 1. The highest BCUT2D eigenvalue weighted by molar-refractivity contribution is 5.83. The molecule has 2 heterocycles. The Bertz CT molecular complexity index is 1070. The van der Waals surface area contributed by atoms with Crippen molar-refractivity contribution >= 4 is 23.4 Å². The Morgan fingerprint density at radius 3 is 2.60 bits per heavy atom. The third kappa shape index (κ3) is 4.44. The van der Waals surface area contributed by atoms with Crippen LogP contribution >= 0.6 is 0 Å². The summed E-state index contributed by atoms with van der Waals surface area (Å²) < 4.78 is 5.25. The van der Waals surface area contributed by atoms with Crippen LogP contribution in [0.2, 0.25) is 0 Å². The van der Waals surface area contributed by atoms with Crippen LogP contribution in [-0.4, -0.2) is 44.0 Å². The van der Waals surface area contributed by atoms with Crippen molar-refractivity contribution in [3.8, 4) is 17.6 Å². The van der Waals surface area contributed by atoms with Crippen molar-refractivity contribution in [3.63, 3.8) is 0 Å². The van der Waals surface area contributed by atoms with Crippen LogP contribution in [0.15, 0.2) is 36.7 Å². The summed E-state index contributed by atoms with van der Waals surface area (Å²) in [6, 6.07) is 8.60. The number of nitrogens with zero attached hydrogens (tertiary/aromatic N) is 6. The van der Waals surface area contributed by atoms with Crippen molar-refractivity contribution in [3.05, 3.63) is 42.2 Å². The minimum atomic E-state index is -0.690. The maximum Gasteiger partial charge on any atom is 0.240 e. The van der Waals surface area contributed by atoms with E-state index in [9.17, 15) is 10.1 Å². The second kappa shape index (κ2) is 8.87. The van der Waals surface area contributed by atoms with E-state index in [1.807, 2.05) is 32.0 Å². The van der Waals surface area contributed by atoms with Gasteiger partial charge in [0.2, 0.25) is 17.7 Å². The molecular weight excluding hydrogens is 386 g/mol. The number of rotatable bonds is 8.